The van der Waals surface area contributed by atoms with Gasteiger partial charge in [-0.25, -0.2) is 13.6 Å². The van der Waals surface area contributed by atoms with Crippen LogP contribution in [0.1, 0.15) is 72.1 Å². The van der Waals surface area contributed by atoms with E-state index in [1.54, 1.807) is 6.07 Å². The van der Waals surface area contributed by atoms with Crippen LogP contribution < -0.4 is 15.2 Å². The largest absolute Gasteiger partial charge is 0.490 e. The molecule has 0 aliphatic rings. The van der Waals surface area contributed by atoms with Gasteiger partial charge in [0.1, 0.15) is 4.90 Å². The maximum absolute atomic E-state index is 11.9. The first kappa shape index (κ1) is 21.8. The smallest absolute Gasteiger partial charge is 0.241 e. The number of sulfonamides is 1. The summed E-state index contributed by atoms with van der Waals surface area (Å²) in [5.41, 5.74) is 0.709. The third-order valence-electron chi connectivity index (χ3n) is 4.24. The van der Waals surface area contributed by atoms with Crippen molar-refractivity contribution in [3.8, 4) is 5.75 Å². The highest BCUT2D eigenvalue weighted by atomic mass is 32.2. The number of para-hydroxylation sites is 1. The van der Waals surface area contributed by atoms with Crippen LogP contribution in [0.4, 0.5) is 5.69 Å². The molecule has 1 atom stereocenters. The van der Waals surface area contributed by atoms with Crippen molar-refractivity contribution in [2.45, 2.75) is 83.1 Å². The summed E-state index contributed by atoms with van der Waals surface area (Å²) in [6.07, 6.45) is 9.05. The van der Waals surface area contributed by atoms with Gasteiger partial charge in [0.05, 0.1) is 12.3 Å². The molecule has 1 rings (SSSR count). The average Bonchev–Trinajstić information content (AvgIpc) is 2.58. The molecule has 144 valence electrons. The molecular formula is C19H34N2O3S. The summed E-state index contributed by atoms with van der Waals surface area (Å²) in [7, 11) is -3.82. The van der Waals surface area contributed by atoms with Crippen LogP contribution in [0.5, 0.6) is 5.75 Å². The number of hydrogen-bond acceptors (Lipinski definition) is 4. The SMILES string of the molecule is CCCCCCCC(CC)Nc1cccc(S(N)(=O)=O)c1OCCC. The van der Waals surface area contributed by atoms with Gasteiger partial charge in [-0.3, -0.25) is 0 Å². The minimum absolute atomic E-state index is 0.0451. The molecule has 0 aromatic heterocycles. The van der Waals surface area contributed by atoms with E-state index in [1.807, 2.05) is 13.0 Å². The summed E-state index contributed by atoms with van der Waals surface area (Å²) >= 11 is 0. The van der Waals surface area contributed by atoms with E-state index in [0.29, 0.717) is 24.1 Å². The van der Waals surface area contributed by atoms with Crippen molar-refractivity contribution in [1.82, 2.24) is 0 Å². The Labute approximate surface area is 153 Å². The molecule has 0 bridgehead atoms. The lowest BCUT2D eigenvalue weighted by atomic mass is 10.0. The quantitative estimate of drug-likeness (QED) is 0.494. The molecule has 0 radical (unpaired) electrons. The third-order valence-corrected chi connectivity index (χ3v) is 5.18. The van der Waals surface area contributed by atoms with E-state index < -0.39 is 10.0 Å². The fourth-order valence-corrected chi connectivity index (χ4v) is 3.49. The Balaban J connectivity index is 2.87. The second-order valence-corrected chi connectivity index (χ2v) is 8.01. The molecule has 1 unspecified atom stereocenters. The predicted molar refractivity (Wildman–Crippen MR) is 105 cm³/mol. The normalized spacial score (nSPS) is 12.8. The van der Waals surface area contributed by atoms with Crippen molar-refractivity contribution < 1.29 is 13.2 Å². The summed E-state index contributed by atoms with van der Waals surface area (Å²) in [6.45, 7) is 6.79. The van der Waals surface area contributed by atoms with Crippen molar-refractivity contribution in [2.75, 3.05) is 11.9 Å². The molecule has 0 aliphatic heterocycles. The Hall–Kier alpha value is -1.27. The number of hydrogen-bond donors (Lipinski definition) is 2. The molecule has 0 aliphatic carbocycles. The van der Waals surface area contributed by atoms with Gasteiger partial charge in [0.2, 0.25) is 10.0 Å². The van der Waals surface area contributed by atoms with Gasteiger partial charge >= 0.3 is 0 Å². The summed E-state index contributed by atoms with van der Waals surface area (Å²) in [5, 5.41) is 8.82. The number of nitrogens with two attached hydrogens (primary N) is 1. The first-order valence-electron chi connectivity index (χ1n) is 9.49. The lowest BCUT2D eigenvalue weighted by Gasteiger charge is -2.22. The molecule has 1 aromatic carbocycles. The van der Waals surface area contributed by atoms with Crippen LogP contribution in [0.3, 0.4) is 0 Å². The fourth-order valence-electron chi connectivity index (χ4n) is 2.80. The number of rotatable bonds is 13. The van der Waals surface area contributed by atoms with Crippen LogP contribution in [0.15, 0.2) is 23.1 Å². The predicted octanol–water partition coefficient (Wildman–Crippen LogP) is 4.67. The van der Waals surface area contributed by atoms with Crippen LogP contribution in [0.2, 0.25) is 0 Å². The molecule has 5 nitrogen and oxygen atoms in total. The maximum atomic E-state index is 11.9. The molecule has 0 saturated carbocycles. The lowest BCUT2D eigenvalue weighted by molar-refractivity contribution is 0.310. The van der Waals surface area contributed by atoms with Crippen molar-refractivity contribution >= 4 is 15.7 Å². The number of benzene rings is 1. The van der Waals surface area contributed by atoms with E-state index in [9.17, 15) is 8.42 Å². The Kier molecular flexibility index (Phi) is 9.90. The van der Waals surface area contributed by atoms with Crippen LogP contribution in [0, 0.1) is 0 Å². The highest BCUT2D eigenvalue weighted by Gasteiger charge is 2.20. The van der Waals surface area contributed by atoms with E-state index in [1.165, 1.54) is 38.2 Å². The van der Waals surface area contributed by atoms with E-state index in [0.717, 1.165) is 19.3 Å². The zero-order valence-corrected chi connectivity index (χ0v) is 16.7. The number of primary sulfonamides is 1. The first-order chi connectivity index (χ1) is 11.9. The monoisotopic (exact) mass is 370 g/mol. The zero-order valence-electron chi connectivity index (χ0n) is 15.9. The molecule has 0 saturated heterocycles. The van der Waals surface area contributed by atoms with E-state index in [-0.39, 0.29) is 4.90 Å². The van der Waals surface area contributed by atoms with Crippen molar-refractivity contribution in [1.29, 1.82) is 0 Å². The first-order valence-corrected chi connectivity index (χ1v) is 11.0. The molecule has 0 fully saturated rings. The Morgan fingerprint density at radius 2 is 1.80 bits per heavy atom. The van der Waals surface area contributed by atoms with Gasteiger partial charge in [-0.1, -0.05) is 58.9 Å². The minimum Gasteiger partial charge on any atom is -0.490 e. The van der Waals surface area contributed by atoms with Gasteiger partial charge in [-0.05, 0) is 31.4 Å². The minimum atomic E-state index is -3.82. The molecule has 0 heterocycles. The van der Waals surface area contributed by atoms with Crippen LogP contribution in [-0.2, 0) is 10.0 Å². The number of unbranched alkanes of at least 4 members (excludes halogenated alkanes) is 4. The molecule has 3 N–H and O–H groups in total. The van der Waals surface area contributed by atoms with Crippen molar-refractivity contribution in [2.24, 2.45) is 5.14 Å². The van der Waals surface area contributed by atoms with Gasteiger partial charge in [0, 0.05) is 6.04 Å². The van der Waals surface area contributed by atoms with Crippen LogP contribution in [0.25, 0.3) is 0 Å². The molecule has 1 aromatic rings. The fraction of sp³-hybridized carbons (Fsp3) is 0.684. The van der Waals surface area contributed by atoms with E-state index >= 15 is 0 Å². The van der Waals surface area contributed by atoms with Crippen molar-refractivity contribution in [3.05, 3.63) is 18.2 Å². The molecule has 6 heteroatoms. The summed E-state index contributed by atoms with van der Waals surface area (Å²) in [6, 6.07) is 5.35. The van der Waals surface area contributed by atoms with Gasteiger partial charge in [0.15, 0.2) is 5.75 Å². The second-order valence-electron chi connectivity index (χ2n) is 6.48. The van der Waals surface area contributed by atoms with Gasteiger partial charge in [-0.2, -0.15) is 0 Å². The molecule has 0 amide bonds. The summed E-state index contributed by atoms with van der Waals surface area (Å²) in [4.78, 5) is 0.0451. The summed E-state index contributed by atoms with van der Waals surface area (Å²) in [5.74, 6) is 0.344. The molecular weight excluding hydrogens is 336 g/mol. The third kappa shape index (κ3) is 7.65. The Bertz CT molecular complexity index is 603. The summed E-state index contributed by atoms with van der Waals surface area (Å²) < 4.78 is 29.5. The Morgan fingerprint density at radius 1 is 1.08 bits per heavy atom. The highest BCUT2D eigenvalue weighted by molar-refractivity contribution is 7.89. The zero-order chi connectivity index (χ0) is 18.7. The van der Waals surface area contributed by atoms with Crippen LogP contribution in [-0.4, -0.2) is 21.1 Å². The standard InChI is InChI=1S/C19H34N2O3S/c1-4-7-8-9-10-12-16(6-3)21-17-13-11-14-18(25(20,22)23)19(17)24-15-5-2/h11,13-14,16,21H,4-10,12,15H2,1-3H3,(H2,20,22,23). The molecule has 25 heavy (non-hydrogen) atoms. The van der Waals surface area contributed by atoms with Crippen molar-refractivity contribution in [3.63, 3.8) is 0 Å². The molecule has 0 spiro atoms. The van der Waals surface area contributed by atoms with Gasteiger partial charge < -0.3 is 10.1 Å². The van der Waals surface area contributed by atoms with E-state index in [2.05, 4.69) is 19.2 Å². The topological polar surface area (TPSA) is 81.4 Å². The highest BCUT2D eigenvalue weighted by Crippen LogP contribution is 2.33. The number of nitrogens with one attached hydrogen (secondary N) is 1. The van der Waals surface area contributed by atoms with Gasteiger partial charge in [-0.15, -0.1) is 0 Å². The Morgan fingerprint density at radius 3 is 2.40 bits per heavy atom. The second kappa shape index (κ2) is 11.4. The van der Waals surface area contributed by atoms with Crippen LogP contribution >= 0.6 is 0 Å². The van der Waals surface area contributed by atoms with E-state index in [4.69, 9.17) is 9.88 Å². The lowest BCUT2D eigenvalue weighted by Crippen LogP contribution is -2.20. The van der Waals surface area contributed by atoms with Gasteiger partial charge in [0.25, 0.3) is 0 Å². The average molecular weight is 371 g/mol. The maximum Gasteiger partial charge on any atom is 0.241 e. The number of anilines is 1. The number of ether oxygens (including phenoxy) is 1.